The van der Waals surface area contributed by atoms with Gasteiger partial charge >= 0.3 is 0 Å². The highest BCUT2D eigenvalue weighted by molar-refractivity contribution is 5.79. The van der Waals surface area contributed by atoms with Crippen molar-refractivity contribution >= 4 is 5.96 Å². The van der Waals surface area contributed by atoms with Crippen LogP contribution in [-0.4, -0.2) is 18.0 Å². The SMILES string of the molecule is CC(NC(=NC1CCCCC1)NN)C1CCCCC1. The van der Waals surface area contributed by atoms with Gasteiger partial charge in [0.1, 0.15) is 0 Å². The van der Waals surface area contributed by atoms with Crippen molar-refractivity contribution in [2.75, 3.05) is 0 Å². The number of hydrogen-bond donors (Lipinski definition) is 3. The summed E-state index contributed by atoms with van der Waals surface area (Å²) in [5.41, 5.74) is 2.76. The van der Waals surface area contributed by atoms with Crippen molar-refractivity contribution < 1.29 is 0 Å². The van der Waals surface area contributed by atoms with Gasteiger partial charge in [0.2, 0.25) is 5.96 Å². The predicted octanol–water partition coefficient (Wildman–Crippen LogP) is 2.70. The van der Waals surface area contributed by atoms with Gasteiger partial charge in [-0.25, -0.2) is 10.8 Å². The van der Waals surface area contributed by atoms with Crippen molar-refractivity contribution in [2.24, 2.45) is 16.8 Å². The highest BCUT2D eigenvalue weighted by atomic mass is 15.3. The Bertz CT molecular complexity index is 278. The third kappa shape index (κ3) is 4.68. The number of nitrogens with one attached hydrogen (secondary N) is 2. The largest absolute Gasteiger partial charge is 0.353 e. The predicted molar refractivity (Wildman–Crippen MR) is 80.8 cm³/mol. The molecule has 0 bridgehead atoms. The molecule has 4 N–H and O–H groups in total. The molecule has 2 rings (SSSR count). The van der Waals surface area contributed by atoms with Crippen LogP contribution in [-0.2, 0) is 0 Å². The topological polar surface area (TPSA) is 62.4 Å². The molecule has 0 spiro atoms. The zero-order valence-corrected chi connectivity index (χ0v) is 12.3. The Balaban J connectivity index is 1.84. The summed E-state index contributed by atoms with van der Waals surface area (Å²) in [5.74, 6) is 7.20. The lowest BCUT2D eigenvalue weighted by molar-refractivity contribution is 0.300. The van der Waals surface area contributed by atoms with Crippen LogP contribution in [0.2, 0.25) is 0 Å². The van der Waals surface area contributed by atoms with Crippen molar-refractivity contribution in [3.63, 3.8) is 0 Å². The summed E-state index contributed by atoms with van der Waals surface area (Å²) >= 11 is 0. The van der Waals surface area contributed by atoms with Gasteiger partial charge in [0.05, 0.1) is 6.04 Å². The van der Waals surface area contributed by atoms with Crippen LogP contribution < -0.4 is 16.6 Å². The first kappa shape index (κ1) is 14.6. The van der Waals surface area contributed by atoms with Crippen LogP contribution in [0, 0.1) is 5.92 Å². The molecule has 19 heavy (non-hydrogen) atoms. The van der Waals surface area contributed by atoms with Gasteiger partial charge < -0.3 is 5.32 Å². The quantitative estimate of drug-likeness (QED) is 0.318. The van der Waals surface area contributed by atoms with Crippen LogP contribution >= 0.6 is 0 Å². The van der Waals surface area contributed by atoms with Gasteiger partial charge in [-0.2, -0.15) is 0 Å². The first-order chi connectivity index (χ1) is 9.29. The summed E-state index contributed by atoms with van der Waals surface area (Å²) in [4.78, 5) is 4.76. The van der Waals surface area contributed by atoms with Crippen LogP contribution in [0.4, 0.5) is 0 Å². The molecule has 110 valence electrons. The number of rotatable bonds is 3. The maximum Gasteiger partial charge on any atom is 0.206 e. The molecule has 1 atom stereocenters. The summed E-state index contributed by atoms with van der Waals surface area (Å²) in [6, 6.07) is 0.935. The lowest BCUT2D eigenvalue weighted by Crippen LogP contribution is -2.48. The van der Waals surface area contributed by atoms with E-state index in [1.807, 2.05) is 0 Å². The van der Waals surface area contributed by atoms with E-state index < -0.39 is 0 Å². The third-order valence-electron chi connectivity index (χ3n) is 4.74. The zero-order chi connectivity index (χ0) is 13.5. The summed E-state index contributed by atoms with van der Waals surface area (Å²) < 4.78 is 0. The van der Waals surface area contributed by atoms with Crippen molar-refractivity contribution in [1.29, 1.82) is 0 Å². The van der Waals surface area contributed by atoms with Crippen LogP contribution in [0.15, 0.2) is 4.99 Å². The van der Waals surface area contributed by atoms with E-state index in [0.717, 1.165) is 11.9 Å². The monoisotopic (exact) mass is 266 g/mol. The maximum atomic E-state index is 5.62. The maximum absolute atomic E-state index is 5.62. The molecule has 2 aliphatic carbocycles. The highest BCUT2D eigenvalue weighted by Crippen LogP contribution is 2.26. The first-order valence-corrected chi connectivity index (χ1v) is 8.10. The van der Waals surface area contributed by atoms with E-state index in [0.29, 0.717) is 12.1 Å². The van der Waals surface area contributed by atoms with Gasteiger partial charge in [-0.3, -0.25) is 5.43 Å². The van der Waals surface area contributed by atoms with Crippen LogP contribution in [0.5, 0.6) is 0 Å². The molecule has 0 heterocycles. The molecule has 0 aromatic heterocycles. The molecule has 0 aromatic rings. The minimum Gasteiger partial charge on any atom is -0.353 e. The van der Waals surface area contributed by atoms with Gasteiger partial charge in [0, 0.05) is 6.04 Å². The van der Waals surface area contributed by atoms with Crippen molar-refractivity contribution in [1.82, 2.24) is 10.7 Å². The average Bonchev–Trinajstić information content (AvgIpc) is 2.48. The number of hydrogen-bond acceptors (Lipinski definition) is 2. The minimum absolute atomic E-state index is 0.464. The molecule has 1 unspecified atom stereocenters. The van der Waals surface area contributed by atoms with Crippen LogP contribution in [0.1, 0.15) is 71.1 Å². The summed E-state index contributed by atoms with van der Waals surface area (Å²) in [5, 5.41) is 3.50. The van der Waals surface area contributed by atoms with E-state index in [4.69, 9.17) is 10.8 Å². The van der Waals surface area contributed by atoms with Crippen LogP contribution in [0.3, 0.4) is 0 Å². The molecule has 0 saturated heterocycles. The number of guanidine groups is 1. The number of aliphatic imine (C=N–C) groups is 1. The van der Waals surface area contributed by atoms with E-state index >= 15 is 0 Å². The van der Waals surface area contributed by atoms with Gasteiger partial charge in [-0.05, 0) is 38.5 Å². The summed E-state index contributed by atoms with van der Waals surface area (Å²) in [6.45, 7) is 2.27. The minimum atomic E-state index is 0.464. The Morgan fingerprint density at radius 3 is 2.16 bits per heavy atom. The molecule has 2 aliphatic rings. The highest BCUT2D eigenvalue weighted by Gasteiger charge is 2.21. The van der Waals surface area contributed by atoms with Gasteiger partial charge in [-0.15, -0.1) is 0 Å². The van der Waals surface area contributed by atoms with E-state index in [2.05, 4.69) is 17.7 Å². The molecular weight excluding hydrogens is 236 g/mol. The van der Waals surface area contributed by atoms with Crippen LogP contribution in [0.25, 0.3) is 0 Å². The van der Waals surface area contributed by atoms with E-state index in [9.17, 15) is 0 Å². The van der Waals surface area contributed by atoms with E-state index in [1.165, 1.54) is 64.2 Å². The first-order valence-electron chi connectivity index (χ1n) is 8.10. The Kier molecular flexibility index (Phi) is 5.95. The Morgan fingerprint density at radius 2 is 1.58 bits per heavy atom. The summed E-state index contributed by atoms with van der Waals surface area (Å²) in [7, 11) is 0. The normalized spacial score (nSPS) is 25.1. The Hall–Kier alpha value is -0.770. The van der Waals surface area contributed by atoms with Gasteiger partial charge in [-0.1, -0.05) is 38.5 Å². The fraction of sp³-hybridized carbons (Fsp3) is 0.933. The van der Waals surface area contributed by atoms with Crippen molar-refractivity contribution in [2.45, 2.75) is 83.2 Å². The van der Waals surface area contributed by atoms with Crippen molar-refractivity contribution in [3.05, 3.63) is 0 Å². The van der Waals surface area contributed by atoms with E-state index in [-0.39, 0.29) is 0 Å². The fourth-order valence-electron chi connectivity index (χ4n) is 3.48. The second kappa shape index (κ2) is 7.73. The summed E-state index contributed by atoms with van der Waals surface area (Å²) in [6.07, 6.45) is 13.3. The number of hydrazine groups is 1. The standard InChI is InChI=1S/C15H30N4/c1-12(13-8-4-2-5-9-13)17-15(19-16)18-14-10-6-3-7-11-14/h12-14H,2-11,16H2,1H3,(H2,17,18,19). The molecule has 0 amide bonds. The van der Waals surface area contributed by atoms with Gasteiger partial charge in [0.25, 0.3) is 0 Å². The molecule has 0 radical (unpaired) electrons. The Labute approximate surface area is 117 Å². The fourth-order valence-corrected chi connectivity index (χ4v) is 3.48. The van der Waals surface area contributed by atoms with Gasteiger partial charge in [0.15, 0.2) is 0 Å². The molecule has 4 nitrogen and oxygen atoms in total. The number of nitrogens with zero attached hydrogens (tertiary/aromatic N) is 1. The third-order valence-corrected chi connectivity index (χ3v) is 4.74. The second-order valence-corrected chi connectivity index (χ2v) is 6.24. The smallest absolute Gasteiger partial charge is 0.206 e. The zero-order valence-electron chi connectivity index (χ0n) is 12.3. The molecular formula is C15H30N4. The molecule has 4 heteroatoms. The molecule has 0 aromatic carbocycles. The van der Waals surface area contributed by atoms with E-state index in [1.54, 1.807) is 0 Å². The molecule has 2 fully saturated rings. The second-order valence-electron chi connectivity index (χ2n) is 6.24. The average molecular weight is 266 g/mol. The molecule has 0 aliphatic heterocycles. The Morgan fingerprint density at radius 1 is 1.00 bits per heavy atom. The lowest BCUT2D eigenvalue weighted by Gasteiger charge is -2.29. The molecule has 2 saturated carbocycles. The lowest BCUT2D eigenvalue weighted by atomic mass is 9.84. The van der Waals surface area contributed by atoms with Crippen molar-refractivity contribution in [3.8, 4) is 0 Å². The number of nitrogens with two attached hydrogens (primary N) is 1.